The number of morpholine rings is 1. The van der Waals surface area contributed by atoms with Gasteiger partial charge in [0.15, 0.2) is 0 Å². The van der Waals surface area contributed by atoms with Gasteiger partial charge in [-0.1, -0.05) is 13.8 Å². The van der Waals surface area contributed by atoms with Crippen molar-refractivity contribution in [3.8, 4) is 0 Å². The van der Waals surface area contributed by atoms with Gasteiger partial charge in [-0.3, -0.25) is 9.89 Å². The Morgan fingerprint density at radius 1 is 1.53 bits per heavy atom. The van der Waals surface area contributed by atoms with Gasteiger partial charge in [-0.05, 0) is 19.8 Å². The number of nitrogens with zero attached hydrogens (tertiary/aromatic N) is 3. The van der Waals surface area contributed by atoms with E-state index in [9.17, 15) is 4.79 Å². The lowest BCUT2D eigenvalue weighted by atomic mass is 10.1. The molecule has 0 spiro atoms. The first-order valence-corrected chi connectivity index (χ1v) is 6.99. The fraction of sp³-hybridized carbons (Fsp3) is 0.769. The standard InChI is InChI=1S/C13H22N4O2/c1-4-6-11-14-12(16-15-11)13(18)17-7-9(3)19-8-10(17)5-2/h9-10H,4-8H2,1-3H3,(H,14,15,16). The Bertz CT molecular complexity index is 432. The van der Waals surface area contributed by atoms with Gasteiger partial charge in [-0.15, -0.1) is 5.10 Å². The number of H-pyrrole nitrogens is 1. The van der Waals surface area contributed by atoms with Crippen LogP contribution in [-0.2, 0) is 11.2 Å². The molecule has 6 heteroatoms. The largest absolute Gasteiger partial charge is 0.375 e. The molecule has 1 saturated heterocycles. The Kier molecular flexibility index (Phi) is 4.52. The molecule has 19 heavy (non-hydrogen) atoms. The van der Waals surface area contributed by atoms with E-state index >= 15 is 0 Å². The summed E-state index contributed by atoms with van der Waals surface area (Å²) in [7, 11) is 0. The summed E-state index contributed by atoms with van der Waals surface area (Å²) >= 11 is 0. The first kappa shape index (κ1) is 14.0. The fourth-order valence-electron chi connectivity index (χ4n) is 2.30. The number of hydrogen-bond acceptors (Lipinski definition) is 4. The molecule has 0 aromatic carbocycles. The van der Waals surface area contributed by atoms with Crippen LogP contribution in [0.4, 0.5) is 0 Å². The molecule has 0 bridgehead atoms. The zero-order valence-electron chi connectivity index (χ0n) is 11.8. The van der Waals surface area contributed by atoms with E-state index in [0.717, 1.165) is 25.1 Å². The van der Waals surface area contributed by atoms with Crippen LogP contribution in [0.3, 0.4) is 0 Å². The highest BCUT2D eigenvalue weighted by molar-refractivity contribution is 5.90. The molecule has 1 aromatic heterocycles. The van der Waals surface area contributed by atoms with Crippen LogP contribution in [0.25, 0.3) is 0 Å². The second kappa shape index (κ2) is 6.14. The molecule has 1 aromatic rings. The second-order valence-electron chi connectivity index (χ2n) is 5.02. The highest BCUT2D eigenvalue weighted by Crippen LogP contribution is 2.16. The van der Waals surface area contributed by atoms with E-state index in [1.807, 2.05) is 11.8 Å². The monoisotopic (exact) mass is 266 g/mol. The number of rotatable bonds is 4. The van der Waals surface area contributed by atoms with Crippen LogP contribution in [0.2, 0.25) is 0 Å². The predicted octanol–water partition coefficient (Wildman–Crippen LogP) is 1.40. The molecule has 0 radical (unpaired) electrons. The molecule has 0 aliphatic carbocycles. The first-order chi connectivity index (χ1) is 9.15. The molecular formula is C13H22N4O2. The third-order valence-electron chi connectivity index (χ3n) is 3.41. The van der Waals surface area contributed by atoms with Gasteiger partial charge in [-0.2, -0.15) is 0 Å². The van der Waals surface area contributed by atoms with Crippen molar-refractivity contribution in [1.82, 2.24) is 20.1 Å². The van der Waals surface area contributed by atoms with Crippen molar-refractivity contribution in [1.29, 1.82) is 0 Å². The van der Waals surface area contributed by atoms with E-state index in [1.165, 1.54) is 0 Å². The zero-order valence-corrected chi connectivity index (χ0v) is 11.8. The van der Waals surface area contributed by atoms with Crippen LogP contribution in [0, 0.1) is 0 Å². The van der Waals surface area contributed by atoms with Crippen LogP contribution in [0.15, 0.2) is 0 Å². The lowest BCUT2D eigenvalue weighted by Gasteiger charge is -2.37. The Hall–Kier alpha value is -1.43. The molecular weight excluding hydrogens is 244 g/mol. The van der Waals surface area contributed by atoms with Crippen LogP contribution in [-0.4, -0.2) is 51.3 Å². The van der Waals surface area contributed by atoms with Gasteiger partial charge in [0.25, 0.3) is 5.91 Å². The van der Waals surface area contributed by atoms with Gasteiger partial charge >= 0.3 is 0 Å². The number of aryl methyl sites for hydroxylation is 1. The number of nitrogens with one attached hydrogen (secondary N) is 1. The van der Waals surface area contributed by atoms with Crippen molar-refractivity contribution in [2.24, 2.45) is 0 Å². The molecule has 2 heterocycles. The number of carbonyl (C=O) groups is 1. The number of ether oxygens (including phenoxy) is 1. The summed E-state index contributed by atoms with van der Waals surface area (Å²) < 4.78 is 5.60. The average molecular weight is 266 g/mol. The molecule has 0 saturated carbocycles. The molecule has 2 atom stereocenters. The van der Waals surface area contributed by atoms with Gasteiger partial charge < -0.3 is 9.64 Å². The van der Waals surface area contributed by atoms with Crippen LogP contribution < -0.4 is 0 Å². The quantitative estimate of drug-likeness (QED) is 0.894. The van der Waals surface area contributed by atoms with Crippen molar-refractivity contribution < 1.29 is 9.53 Å². The maximum absolute atomic E-state index is 12.5. The van der Waals surface area contributed by atoms with Crippen molar-refractivity contribution in [2.75, 3.05) is 13.2 Å². The summed E-state index contributed by atoms with van der Waals surface area (Å²) in [6.45, 7) is 7.31. The highest BCUT2D eigenvalue weighted by Gasteiger charge is 2.31. The number of aromatic amines is 1. The lowest BCUT2D eigenvalue weighted by molar-refractivity contribution is -0.0447. The van der Waals surface area contributed by atoms with Gasteiger partial charge in [0.05, 0.1) is 18.8 Å². The number of amides is 1. The molecule has 1 aliphatic heterocycles. The molecule has 6 nitrogen and oxygen atoms in total. The summed E-state index contributed by atoms with van der Waals surface area (Å²) in [5.74, 6) is 0.955. The maximum atomic E-state index is 12.5. The van der Waals surface area contributed by atoms with Gasteiger partial charge in [0, 0.05) is 13.0 Å². The third kappa shape index (κ3) is 3.12. The van der Waals surface area contributed by atoms with Crippen molar-refractivity contribution in [2.45, 2.75) is 52.2 Å². The Balaban J connectivity index is 2.11. The van der Waals surface area contributed by atoms with Crippen LogP contribution in [0.5, 0.6) is 0 Å². The van der Waals surface area contributed by atoms with Gasteiger partial charge in [0.2, 0.25) is 5.82 Å². The van der Waals surface area contributed by atoms with E-state index in [2.05, 4.69) is 29.0 Å². The summed E-state index contributed by atoms with van der Waals surface area (Å²) in [5.41, 5.74) is 0. The molecule has 106 valence electrons. The van der Waals surface area contributed by atoms with Crippen LogP contribution in [0.1, 0.15) is 50.1 Å². The van der Waals surface area contributed by atoms with E-state index < -0.39 is 0 Å². The highest BCUT2D eigenvalue weighted by atomic mass is 16.5. The number of aromatic nitrogens is 3. The minimum atomic E-state index is -0.0967. The minimum Gasteiger partial charge on any atom is -0.375 e. The summed E-state index contributed by atoms with van der Waals surface area (Å²) in [6, 6.07) is 0.122. The number of hydrogen-bond donors (Lipinski definition) is 1. The van der Waals surface area contributed by atoms with Gasteiger partial charge in [-0.25, -0.2) is 4.98 Å². The Morgan fingerprint density at radius 2 is 2.32 bits per heavy atom. The van der Waals surface area contributed by atoms with E-state index in [4.69, 9.17) is 4.74 Å². The Labute approximate surface area is 113 Å². The third-order valence-corrected chi connectivity index (χ3v) is 3.41. The molecule has 1 amide bonds. The minimum absolute atomic E-state index is 0.0702. The maximum Gasteiger partial charge on any atom is 0.293 e. The van der Waals surface area contributed by atoms with Crippen molar-refractivity contribution in [3.05, 3.63) is 11.6 Å². The van der Waals surface area contributed by atoms with Crippen LogP contribution >= 0.6 is 0 Å². The average Bonchev–Trinajstić information content (AvgIpc) is 2.87. The first-order valence-electron chi connectivity index (χ1n) is 6.99. The molecule has 1 aliphatic rings. The summed E-state index contributed by atoms with van der Waals surface area (Å²) in [5, 5.41) is 6.87. The van der Waals surface area contributed by atoms with Gasteiger partial charge in [0.1, 0.15) is 5.82 Å². The van der Waals surface area contributed by atoms with Crippen molar-refractivity contribution in [3.63, 3.8) is 0 Å². The molecule has 1 N–H and O–H groups in total. The topological polar surface area (TPSA) is 71.1 Å². The lowest BCUT2D eigenvalue weighted by Crippen LogP contribution is -2.51. The molecule has 1 fully saturated rings. The second-order valence-corrected chi connectivity index (χ2v) is 5.02. The molecule has 2 unspecified atom stereocenters. The fourth-order valence-corrected chi connectivity index (χ4v) is 2.30. The summed E-state index contributed by atoms with van der Waals surface area (Å²) in [6.07, 6.45) is 2.75. The van der Waals surface area contributed by atoms with E-state index in [0.29, 0.717) is 13.2 Å². The Morgan fingerprint density at radius 3 is 3.00 bits per heavy atom. The van der Waals surface area contributed by atoms with E-state index in [-0.39, 0.29) is 23.9 Å². The predicted molar refractivity (Wildman–Crippen MR) is 70.9 cm³/mol. The normalized spacial score (nSPS) is 23.6. The molecule has 2 rings (SSSR count). The zero-order chi connectivity index (χ0) is 13.8. The number of carbonyl (C=O) groups excluding carboxylic acids is 1. The summed E-state index contributed by atoms with van der Waals surface area (Å²) in [4.78, 5) is 18.6. The van der Waals surface area contributed by atoms with Crippen molar-refractivity contribution >= 4 is 5.91 Å². The van der Waals surface area contributed by atoms with E-state index in [1.54, 1.807) is 0 Å². The SMILES string of the molecule is CCCc1nc(C(=O)N2CC(C)OCC2CC)n[nH]1. The smallest absolute Gasteiger partial charge is 0.293 e.